The van der Waals surface area contributed by atoms with Crippen LogP contribution < -0.4 is 11.1 Å². The molecule has 140 valence electrons. The third kappa shape index (κ3) is 5.31. The molecule has 3 rings (SSSR count). The van der Waals surface area contributed by atoms with Crippen molar-refractivity contribution < 1.29 is 9.53 Å². The molecule has 2 aromatic rings. The van der Waals surface area contributed by atoms with Gasteiger partial charge in [-0.15, -0.1) is 24.8 Å². The lowest BCUT2D eigenvalue weighted by Gasteiger charge is -2.14. The predicted molar refractivity (Wildman–Crippen MR) is 105 cm³/mol. The van der Waals surface area contributed by atoms with Gasteiger partial charge >= 0.3 is 0 Å². The van der Waals surface area contributed by atoms with E-state index in [2.05, 4.69) is 29.1 Å². The minimum absolute atomic E-state index is 0. The van der Waals surface area contributed by atoms with E-state index in [1.54, 1.807) is 0 Å². The van der Waals surface area contributed by atoms with Gasteiger partial charge in [0.15, 0.2) is 0 Å². The van der Waals surface area contributed by atoms with Gasteiger partial charge in [0.2, 0.25) is 5.91 Å². The fourth-order valence-electron chi connectivity index (χ4n) is 2.90. The third-order valence-corrected chi connectivity index (χ3v) is 4.06. The van der Waals surface area contributed by atoms with Crippen LogP contribution in [0.4, 0.5) is 5.69 Å². The minimum atomic E-state index is -0.491. The summed E-state index contributed by atoms with van der Waals surface area (Å²) in [5, 5.41) is 2.88. The summed E-state index contributed by atoms with van der Waals surface area (Å²) in [4.78, 5) is 20.0. The van der Waals surface area contributed by atoms with Crippen molar-refractivity contribution in [2.24, 2.45) is 11.7 Å². The van der Waals surface area contributed by atoms with Crippen molar-refractivity contribution in [1.82, 2.24) is 9.97 Å². The van der Waals surface area contributed by atoms with E-state index in [0.717, 1.165) is 42.0 Å². The lowest BCUT2D eigenvalue weighted by molar-refractivity contribution is -0.117. The maximum absolute atomic E-state index is 12.1. The molecule has 1 amide bonds. The lowest BCUT2D eigenvalue weighted by atomic mass is 10.0. The zero-order valence-corrected chi connectivity index (χ0v) is 16.1. The topological polar surface area (TPSA) is 93.0 Å². The number of nitrogens with two attached hydrogens (primary N) is 1. The van der Waals surface area contributed by atoms with Crippen molar-refractivity contribution in [3.8, 4) is 0 Å². The average molecular weight is 389 g/mol. The summed E-state index contributed by atoms with van der Waals surface area (Å²) >= 11 is 0. The molecule has 1 aromatic carbocycles. The van der Waals surface area contributed by atoms with Crippen molar-refractivity contribution in [3.05, 3.63) is 24.0 Å². The van der Waals surface area contributed by atoms with E-state index in [1.807, 2.05) is 18.2 Å². The van der Waals surface area contributed by atoms with E-state index in [9.17, 15) is 4.79 Å². The van der Waals surface area contributed by atoms with Crippen LogP contribution in [0.5, 0.6) is 0 Å². The van der Waals surface area contributed by atoms with Crippen LogP contribution in [0, 0.1) is 5.92 Å². The minimum Gasteiger partial charge on any atom is -0.370 e. The molecule has 0 aliphatic carbocycles. The first-order chi connectivity index (χ1) is 11.0. The molecular formula is C17H26Cl2N4O2. The molecule has 25 heavy (non-hydrogen) atoms. The second-order valence-corrected chi connectivity index (χ2v) is 6.58. The summed E-state index contributed by atoms with van der Waals surface area (Å²) in [5.74, 6) is 1.09. The average Bonchev–Trinajstić information content (AvgIpc) is 3.14. The number of rotatable bonds is 5. The van der Waals surface area contributed by atoms with Gasteiger partial charge in [0.05, 0.1) is 17.1 Å². The highest BCUT2D eigenvalue weighted by Crippen LogP contribution is 2.28. The Kier molecular flexibility index (Phi) is 8.15. The SMILES string of the molecule is CC(C)C[C@H](N)C(=O)Nc1ccc2nc(C3CCCO3)[nH]c2c1.Cl.Cl. The van der Waals surface area contributed by atoms with E-state index in [-0.39, 0.29) is 36.8 Å². The number of imidazole rings is 1. The number of hydrogen-bond acceptors (Lipinski definition) is 4. The van der Waals surface area contributed by atoms with E-state index < -0.39 is 6.04 Å². The van der Waals surface area contributed by atoms with Crippen molar-refractivity contribution >= 4 is 47.4 Å². The number of H-pyrrole nitrogens is 1. The van der Waals surface area contributed by atoms with Crippen molar-refractivity contribution in [2.45, 2.75) is 45.3 Å². The number of nitrogens with one attached hydrogen (secondary N) is 2. The Balaban J connectivity index is 0.00000156. The fraction of sp³-hybridized carbons (Fsp3) is 0.529. The molecule has 0 spiro atoms. The first kappa shape index (κ1) is 21.7. The number of halogens is 2. The zero-order valence-electron chi connectivity index (χ0n) is 14.5. The summed E-state index contributed by atoms with van der Waals surface area (Å²) in [5.41, 5.74) is 8.41. The molecule has 0 bridgehead atoms. The number of carbonyl (C=O) groups excluding carboxylic acids is 1. The summed E-state index contributed by atoms with van der Waals surface area (Å²) in [6.45, 7) is 4.89. The molecule has 1 aromatic heterocycles. The highest BCUT2D eigenvalue weighted by molar-refractivity contribution is 5.96. The van der Waals surface area contributed by atoms with E-state index in [1.165, 1.54) is 0 Å². The molecule has 2 heterocycles. The predicted octanol–water partition coefficient (Wildman–Crippen LogP) is 3.57. The number of ether oxygens (including phenoxy) is 1. The van der Waals surface area contributed by atoms with Gasteiger partial charge < -0.3 is 20.8 Å². The summed E-state index contributed by atoms with van der Waals surface area (Å²) in [6, 6.07) is 5.15. The van der Waals surface area contributed by atoms with Gasteiger partial charge in [-0.05, 0) is 43.4 Å². The van der Waals surface area contributed by atoms with Gasteiger partial charge in [-0.25, -0.2) is 4.98 Å². The molecule has 1 aliphatic heterocycles. The maximum atomic E-state index is 12.1. The quantitative estimate of drug-likeness (QED) is 0.729. The molecule has 6 nitrogen and oxygen atoms in total. The molecule has 1 unspecified atom stereocenters. The number of anilines is 1. The number of aromatic nitrogens is 2. The Labute approximate surface area is 160 Å². The molecule has 0 radical (unpaired) electrons. The molecule has 1 aliphatic rings. The first-order valence-electron chi connectivity index (χ1n) is 8.20. The Hall–Kier alpha value is -1.34. The number of carbonyl (C=O) groups is 1. The van der Waals surface area contributed by atoms with Crippen molar-refractivity contribution in [1.29, 1.82) is 0 Å². The number of fused-ring (bicyclic) bond motifs is 1. The zero-order chi connectivity index (χ0) is 16.4. The largest absolute Gasteiger partial charge is 0.370 e. The smallest absolute Gasteiger partial charge is 0.241 e. The molecular weight excluding hydrogens is 363 g/mol. The molecule has 0 saturated carbocycles. The van der Waals surface area contributed by atoms with Crippen LogP contribution in [0.15, 0.2) is 18.2 Å². The van der Waals surface area contributed by atoms with Crippen LogP contribution in [0.2, 0.25) is 0 Å². The summed E-state index contributed by atoms with van der Waals surface area (Å²) < 4.78 is 5.65. The molecule has 1 fully saturated rings. The van der Waals surface area contributed by atoms with Gasteiger partial charge in [0.1, 0.15) is 11.9 Å². The number of benzene rings is 1. The molecule has 4 N–H and O–H groups in total. The summed E-state index contributed by atoms with van der Waals surface area (Å²) in [6.07, 6.45) is 2.78. The van der Waals surface area contributed by atoms with Crippen molar-refractivity contribution in [2.75, 3.05) is 11.9 Å². The highest BCUT2D eigenvalue weighted by Gasteiger charge is 2.21. The van der Waals surface area contributed by atoms with Crippen molar-refractivity contribution in [3.63, 3.8) is 0 Å². The number of hydrogen-bond donors (Lipinski definition) is 3. The van der Waals surface area contributed by atoms with Gasteiger partial charge in [-0.2, -0.15) is 0 Å². The fourth-order valence-corrected chi connectivity index (χ4v) is 2.90. The lowest BCUT2D eigenvalue weighted by Crippen LogP contribution is -2.36. The Bertz CT molecular complexity index is 699. The van der Waals surface area contributed by atoms with Gasteiger partial charge in [0, 0.05) is 12.3 Å². The molecule has 1 saturated heterocycles. The molecule has 2 atom stereocenters. The Morgan fingerprint density at radius 1 is 1.44 bits per heavy atom. The van der Waals surface area contributed by atoms with Crippen LogP contribution in [0.1, 0.15) is 45.0 Å². The van der Waals surface area contributed by atoms with Crippen LogP contribution in [-0.4, -0.2) is 28.5 Å². The summed E-state index contributed by atoms with van der Waals surface area (Å²) in [7, 11) is 0. The van der Waals surface area contributed by atoms with E-state index >= 15 is 0 Å². The Morgan fingerprint density at radius 2 is 2.20 bits per heavy atom. The monoisotopic (exact) mass is 388 g/mol. The van der Waals surface area contributed by atoms with Crippen LogP contribution >= 0.6 is 24.8 Å². The second-order valence-electron chi connectivity index (χ2n) is 6.58. The highest BCUT2D eigenvalue weighted by atomic mass is 35.5. The van der Waals surface area contributed by atoms with Gasteiger partial charge in [0.25, 0.3) is 0 Å². The first-order valence-corrected chi connectivity index (χ1v) is 8.20. The second kappa shape index (κ2) is 9.38. The normalized spacial score (nSPS) is 17.8. The standard InChI is InChI=1S/C17H24N4O2.2ClH/c1-10(2)8-12(18)17(22)19-11-5-6-13-14(9-11)21-16(20-13)15-4-3-7-23-15;;/h5-6,9-10,12,15H,3-4,7-8,18H2,1-2H3,(H,19,22)(H,20,21);2*1H/t12-,15?;;/m0../s1. The molecule has 8 heteroatoms. The van der Waals surface area contributed by atoms with Crippen LogP contribution in [-0.2, 0) is 9.53 Å². The van der Waals surface area contributed by atoms with E-state index in [0.29, 0.717) is 12.3 Å². The van der Waals surface area contributed by atoms with Gasteiger partial charge in [-0.1, -0.05) is 13.8 Å². The third-order valence-electron chi connectivity index (χ3n) is 4.06. The maximum Gasteiger partial charge on any atom is 0.241 e. The van der Waals surface area contributed by atoms with Gasteiger partial charge in [-0.3, -0.25) is 4.79 Å². The number of nitrogens with zero attached hydrogens (tertiary/aromatic N) is 1. The number of amides is 1. The van der Waals surface area contributed by atoms with Crippen LogP contribution in [0.3, 0.4) is 0 Å². The number of aromatic amines is 1. The van der Waals surface area contributed by atoms with Crippen LogP contribution in [0.25, 0.3) is 11.0 Å². The van der Waals surface area contributed by atoms with E-state index in [4.69, 9.17) is 10.5 Å². The Morgan fingerprint density at radius 3 is 2.84 bits per heavy atom.